The number of hydrogen-bond acceptors (Lipinski definition) is 4. The Morgan fingerprint density at radius 1 is 1.05 bits per heavy atom. The molecule has 5 heteroatoms. The average molecular weight is 321 g/mol. The number of nitrogens with zero attached hydrogens (tertiary/aromatic N) is 1. The molecule has 1 amide bonds. The van der Waals surface area contributed by atoms with Gasteiger partial charge in [-0.15, -0.1) is 11.8 Å². The number of carbonyl (C=O) groups excluding carboxylic acids is 2. The number of likely N-dealkylation sites (tertiary alicyclic amines) is 1. The van der Waals surface area contributed by atoms with E-state index in [0.29, 0.717) is 12.2 Å². The lowest BCUT2D eigenvalue weighted by Crippen LogP contribution is -2.35. The van der Waals surface area contributed by atoms with E-state index >= 15 is 0 Å². The van der Waals surface area contributed by atoms with Crippen LogP contribution in [0.4, 0.5) is 0 Å². The summed E-state index contributed by atoms with van der Waals surface area (Å²) in [5.74, 6) is 0.304. The Hall–Kier alpha value is -1.49. The molecule has 120 valence electrons. The van der Waals surface area contributed by atoms with Crippen LogP contribution in [0.15, 0.2) is 35.2 Å². The number of rotatable bonds is 6. The van der Waals surface area contributed by atoms with Gasteiger partial charge < -0.3 is 9.64 Å². The maximum atomic E-state index is 12.0. The van der Waals surface area contributed by atoms with Gasteiger partial charge in [0.15, 0.2) is 6.61 Å². The summed E-state index contributed by atoms with van der Waals surface area (Å²) >= 11 is 1.62. The van der Waals surface area contributed by atoms with Crippen molar-refractivity contribution < 1.29 is 14.3 Å². The SMILES string of the molecule is O=C(CCSc1ccccc1)OCC(=O)N1CCCCCC1. The first kappa shape index (κ1) is 16.9. The topological polar surface area (TPSA) is 46.6 Å². The summed E-state index contributed by atoms with van der Waals surface area (Å²) in [4.78, 5) is 26.6. The van der Waals surface area contributed by atoms with Crippen LogP contribution in [0.5, 0.6) is 0 Å². The summed E-state index contributed by atoms with van der Waals surface area (Å²) in [6.07, 6.45) is 4.79. The van der Waals surface area contributed by atoms with Crippen LogP contribution in [0.1, 0.15) is 32.1 Å². The van der Waals surface area contributed by atoms with E-state index in [-0.39, 0.29) is 18.5 Å². The van der Waals surface area contributed by atoms with Gasteiger partial charge in [-0.3, -0.25) is 9.59 Å². The Balaban J connectivity index is 1.61. The molecule has 1 heterocycles. The summed E-state index contributed by atoms with van der Waals surface area (Å²) < 4.78 is 5.09. The molecule has 1 saturated heterocycles. The second kappa shape index (κ2) is 9.51. The molecule has 1 aliphatic heterocycles. The van der Waals surface area contributed by atoms with E-state index < -0.39 is 0 Å². The molecule has 0 bridgehead atoms. The van der Waals surface area contributed by atoms with Crippen molar-refractivity contribution in [1.82, 2.24) is 4.90 Å². The van der Waals surface area contributed by atoms with E-state index in [1.807, 2.05) is 35.2 Å². The van der Waals surface area contributed by atoms with Gasteiger partial charge in [0, 0.05) is 23.7 Å². The summed E-state index contributed by atoms with van der Waals surface area (Å²) in [5.41, 5.74) is 0. The fraction of sp³-hybridized carbons (Fsp3) is 0.529. The Kier molecular flexibility index (Phi) is 7.30. The van der Waals surface area contributed by atoms with Gasteiger partial charge >= 0.3 is 5.97 Å². The molecule has 1 aromatic rings. The Morgan fingerprint density at radius 2 is 1.73 bits per heavy atom. The number of esters is 1. The Morgan fingerprint density at radius 3 is 2.41 bits per heavy atom. The molecule has 22 heavy (non-hydrogen) atoms. The van der Waals surface area contributed by atoms with E-state index in [1.165, 1.54) is 12.8 Å². The Bertz CT molecular complexity index is 470. The fourth-order valence-corrected chi connectivity index (χ4v) is 3.25. The van der Waals surface area contributed by atoms with Gasteiger partial charge in [-0.1, -0.05) is 31.0 Å². The third kappa shape index (κ3) is 6.10. The minimum atomic E-state index is -0.299. The lowest BCUT2D eigenvalue weighted by atomic mass is 10.2. The first-order chi connectivity index (χ1) is 10.8. The van der Waals surface area contributed by atoms with Gasteiger partial charge in [-0.05, 0) is 25.0 Å². The molecule has 1 aromatic carbocycles. The lowest BCUT2D eigenvalue weighted by Gasteiger charge is -2.19. The first-order valence-electron chi connectivity index (χ1n) is 7.87. The standard InChI is InChI=1S/C17H23NO3S/c19-16(18-11-6-1-2-7-12-18)14-21-17(20)10-13-22-15-8-4-3-5-9-15/h3-5,8-9H,1-2,6-7,10-14H2. The number of benzene rings is 1. The zero-order chi connectivity index (χ0) is 15.6. The quantitative estimate of drug-likeness (QED) is 0.596. The van der Waals surface area contributed by atoms with Crippen molar-refractivity contribution in [2.75, 3.05) is 25.4 Å². The van der Waals surface area contributed by atoms with Crippen LogP contribution >= 0.6 is 11.8 Å². The molecule has 0 atom stereocenters. The maximum absolute atomic E-state index is 12.0. The summed E-state index contributed by atoms with van der Waals surface area (Å²) in [5, 5.41) is 0. The van der Waals surface area contributed by atoms with Crippen molar-refractivity contribution in [3.05, 3.63) is 30.3 Å². The third-order valence-electron chi connectivity index (χ3n) is 3.63. The third-order valence-corrected chi connectivity index (χ3v) is 4.65. The molecule has 0 unspecified atom stereocenters. The molecule has 2 rings (SSSR count). The molecule has 0 radical (unpaired) electrons. The van der Waals surface area contributed by atoms with Crippen LogP contribution in [0.25, 0.3) is 0 Å². The van der Waals surface area contributed by atoms with Crippen molar-refractivity contribution >= 4 is 23.6 Å². The van der Waals surface area contributed by atoms with Crippen molar-refractivity contribution in [2.45, 2.75) is 37.0 Å². The van der Waals surface area contributed by atoms with Crippen molar-refractivity contribution in [1.29, 1.82) is 0 Å². The molecular weight excluding hydrogens is 298 g/mol. The number of thioether (sulfide) groups is 1. The lowest BCUT2D eigenvalue weighted by molar-refractivity contribution is -0.151. The highest BCUT2D eigenvalue weighted by atomic mass is 32.2. The predicted octanol–water partition coefficient (Wildman–Crippen LogP) is 3.11. The molecule has 4 nitrogen and oxygen atoms in total. The van der Waals surface area contributed by atoms with Crippen molar-refractivity contribution in [2.24, 2.45) is 0 Å². The summed E-state index contributed by atoms with van der Waals surface area (Å²) in [7, 11) is 0. The molecule has 0 aromatic heterocycles. The highest BCUT2D eigenvalue weighted by Crippen LogP contribution is 2.17. The second-order valence-electron chi connectivity index (χ2n) is 5.37. The molecule has 1 aliphatic rings. The van der Waals surface area contributed by atoms with Gasteiger partial charge in [0.1, 0.15) is 0 Å². The van der Waals surface area contributed by atoms with Crippen LogP contribution in [0.3, 0.4) is 0 Å². The van der Waals surface area contributed by atoms with E-state index in [1.54, 1.807) is 11.8 Å². The molecule has 1 fully saturated rings. The smallest absolute Gasteiger partial charge is 0.307 e. The monoisotopic (exact) mass is 321 g/mol. The maximum Gasteiger partial charge on any atom is 0.307 e. The second-order valence-corrected chi connectivity index (χ2v) is 6.54. The normalized spacial score (nSPS) is 15.2. The minimum absolute atomic E-state index is 0.0639. The van der Waals surface area contributed by atoms with Gasteiger partial charge in [0.25, 0.3) is 5.91 Å². The van der Waals surface area contributed by atoms with E-state index in [2.05, 4.69) is 0 Å². The number of hydrogen-bond donors (Lipinski definition) is 0. The van der Waals surface area contributed by atoms with Crippen molar-refractivity contribution in [3.63, 3.8) is 0 Å². The van der Waals surface area contributed by atoms with Gasteiger partial charge in [0.05, 0.1) is 6.42 Å². The number of ether oxygens (including phenoxy) is 1. The van der Waals surface area contributed by atoms with E-state index in [4.69, 9.17) is 4.74 Å². The van der Waals surface area contributed by atoms with Crippen LogP contribution < -0.4 is 0 Å². The van der Waals surface area contributed by atoms with Crippen LogP contribution in [0.2, 0.25) is 0 Å². The molecule has 0 aliphatic carbocycles. The fourth-order valence-electron chi connectivity index (χ4n) is 2.39. The molecular formula is C17H23NO3S. The number of amides is 1. The molecule has 0 saturated carbocycles. The van der Waals surface area contributed by atoms with Gasteiger partial charge in [0.2, 0.25) is 0 Å². The van der Waals surface area contributed by atoms with Crippen LogP contribution in [0, 0.1) is 0 Å². The zero-order valence-electron chi connectivity index (χ0n) is 12.8. The summed E-state index contributed by atoms with van der Waals surface area (Å²) in [6, 6.07) is 9.94. The number of carbonyl (C=O) groups is 2. The zero-order valence-corrected chi connectivity index (χ0v) is 13.6. The highest BCUT2D eigenvalue weighted by Gasteiger charge is 2.16. The Labute approximate surface area is 136 Å². The largest absolute Gasteiger partial charge is 0.456 e. The first-order valence-corrected chi connectivity index (χ1v) is 8.85. The average Bonchev–Trinajstić information content (AvgIpc) is 2.83. The summed E-state index contributed by atoms with van der Waals surface area (Å²) in [6.45, 7) is 1.47. The molecule has 0 N–H and O–H groups in total. The molecule has 0 spiro atoms. The minimum Gasteiger partial charge on any atom is -0.456 e. The van der Waals surface area contributed by atoms with Gasteiger partial charge in [-0.2, -0.15) is 0 Å². The van der Waals surface area contributed by atoms with Crippen LogP contribution in [-0.2, 0) is 14.3 Å². The van der Waals surface area contributed by atoms with E-state index in [0.717, 1.165) is 30.8 Å². The van der Waals surface area contributed by atoms with Gasteiger partial charge in [-0.25, -0.2) is 0 Å². The van der Waals surface area contributed by atoms with Crippen LogP contribution in [-0.4, -0.2) is 42.2 Å². The highest BCUT2D eigenvalue weighted by molar-refractivity contribution is 7.99. The predicted molar refractivity (Wildman–Crippen MR) is 87.8 cm³/mol. The van der Waals surface area contributed by atoms with E-state index in [9.17, 15) is 9.59 Å². The van der Waals surface area contributed by atoms with Crippen molar-refractivity contribution in [3.8, 4) is 0 Å².